The van der Waals surface area contributed by atoms with Crippen LogP contribution in [0, 0.1) is 0 Å². The number of nitrogen functional groups attached to an aromatic ring is 1. The predicted molar refractivity (Wildman–Crippen MR) is 82.4 cm³/mol. The SMILES string of the molecule is CCc1nc(-c2cncc3ccccc23)c(N)n1CC. The Hall–Kier alpha value is -2.36. The number of benzene rings is 1. The molecule has 2 heterocycles. The molecule has 3 rings (SSSR count). The number of anilines is 1. The van der Waals surface area contributed by atoms with Gasteiger partial charge in [0.05, 0.1) is 0 Å². The summed E-state index contributed by atoms with van der Waals surface area (Å²) in [6.07, 6.45) is 4.59. The van der Waals surface area contributed by atoms with Crippen molar-refractivity contribution in [3.63, 3.8) is 0 Å². The average molecular weight is 266 g/mol. The van der Waals surface area contributed by atoms with E-state index in [1.807, 2.05) is 24.5 Å². The number of rotatable bonds is 3. The molecule has 3 aromatic rings. The lowest BCUT2D eigenvalue weighted by atomic mass is 10.1. The number of aromatic nitrogens is 3. The molecule has 0 aliphatic rings. The minimum Gasteiger partial charge on any atom is -0.383 e. The number of aryl methyl sites for hydroxylation is 1. The van der Waals surface area contributed by atoms with Crippen LogP contribution in [-0.4, -0.2) is 14.5 Å². The van der Waals surface area contributed by atoms with E-state index in [-0.39, 0.29) is 0 Å². The highest BCUT2D eigenvalue weighted by Gasteiger charge is 2.16. The highest BCUT2D eigenvalue weighted by atomic mass is 15.1. The Morgan fingerprint density at radius 3 is 2.65 bits per heavy atom. The van der Waals surface area contributed by atoms with Gasteiger partial charge in [-0.3, -0.25) is 4.98 Å². The average Bonchev–Trinajstić information content (AvgIpc) is 2.82. The summed E-state index contributed by atoms with van der Waals surface area (Å²) in [6.45, 7) is 5.02. The third-order valence-electron chi connectivity index (χ3n) is 3.64. The Labute approximate surface area is 118 Å². The summed E-state index contributed by atoms with van der Waals surface area (Å²) in [5.74, 6) is 1.75. The summed E-state index contributed by atoms with van der Waals surface area (Å²) >= 11 is 0. The number of hydrogen-bond donors (Lipinski definition) is 1. The third-order valence-corrected chi connectivity index (χ3v) is 3.64. The molecular weight excluding hydrogens is 248 g/mol. The second-order valence-electron chi connectivity index (χ2n) is 4.77. The van der Waals surface area contributed by atoms with E-state index in [0.29, 0.717) is 0 Å². The van der Waals surface area contributed by atoms with E-state index >= 15 is 0 Å². The fourth-order valence-electron chi connectivity index (χ4n) is 2.64. The molecule has 0 fully saturated rings. The van der Waals surface area contributed by atoms with Gasteiger partial charge in [0.2, 0.25) is 0 Å². The van der Waals surface area contributed by atoms with Crippen molar-refractivity contribution in [1.29, 1.82) is 0 Å². The van der Waals surface area contributed by atoms with Gasteiger partial charge in [-0.2, -0.15) is 0 Å². The van der Waals surface area contributed by atoms with E-state index in [2.05, 4.69) is 35.5 Å². The minimum atomic E-state index is 0.725. The molecule has 0 bridgehead atoms. The van der Waals surface area contributed by atoms with Gasteiger partial charge < -0.3 is 10.3 Å². The highest BCUT2D eigenvalue weighted by Crippen LogP contribution is 2.31. The first-order chi connectivity index (χ1) is 9.76. The van der Waals surface area contributed by atoms with Gasteiger partial charge in [0, 0.05) is 36.3 Å². The number of nitrogens with zero attached hydrogens (tertiary/aromatic N) is 3. The van der Waals surface area contributed by atoms with E-state index in [1.165, 1.54) is 0 Å². The third kappa shape index (κ3) is 1.84. The zero-order valence-electron chi connectivity index (χ0n) is 11.8. The van der Waals surface area contributed by atoms with Crippen LogP contribution in [0.15, 0.2) is 36.7 Å². The van der Waals surface area contributed by atoms with E-state index < -0.39 is 0 Å². The van der Waals surface area contributed by atoms with Gasteiger partial charge in [0.15, 0.2) is 0 Å². The first-order valence-electron chi connectivity index (χ1n) is 6.94. The molecule has 0 spiro atoms. The van der Waals surface area contributed by atoms with Crippen molar-refractivity contribution in [2.75, 3.05) is 5.73 Å². The molecule has 0 saturated heterocycles. The van der Waals surface area contributed by atoms with Crippen LogP contribution in [0.3, 0.4) is 0 Å². The zero-order valence-corrected chi connectivity index (χ0v) is 11.8. The molecule has 0 unspecified atom stereocenters. The summed E-state index contributed by atoms with van der Waals surface area (Å²) < 4.78 is 2.07. The molecule has 0 aliphatic carbocycles. The number of hydrogen-bond acceptors (Lipinski definition) is 3. The molecule has 0 atom stereocenters. The Kier molecular flexibility index (Phi) is 3.14. The van der Waals surface area contributed by atoms with Crippen LogP contribution in [0.25, 0.3) is 22.0 Å². The van der Waals surface area contributed by atoms with Crippen molar-refractivity contribution < 1.29 is 0 Å². The van der Waals surface area contributed by atoms with Gasteiger partial charge in [-0.05, 0) is 12.3 Å². The molecule has 4 heteroatoms. The molecule has 0 saturated carbocycles. The van der Waals surface area contributed by atoms with Crippen molar-refractivity contribution in [3.8, 4) is 11.3 Å². The Morgan fingerprint density at radius 1 is 1.15 bits per heavy atom. The Bertz CT molecular complexity index is 753. The highest BCUT2D eigenvalue weighted by molar-refractivity contribution is 5.96. The Morgan fingerprint density at radius 2 is 1.95 bits per heavy atom. The molecule has 0 amide bonds. The van der Waals surface area contributed by atoms with E-state index in [9.17, 15) is 0 Å². The van der Waals surface area contributed by atoms with Crippen LogP contribution in [-0.2, 0) is 13.0 Å². The molecule has 2 aromatic heterocycles. The van der Waals surface area contributed by atoms with Crippen molar-refractivity contribution in [2.45, 2.75) is 26.8 Å². The summed E-state index contributed by atoms with van der Waals surface area (Å²) in [6, 6.07) is 8.18. The summed E-state index contributed by atoms with van der Waals surface area (Å²) in [5, 5.41) is 2.24. The molecule has 2 N–H and O–H groups in total. The predicted octanol–water partition coefficient (Wildman–Crippen LogP) is 3.26. The molecule has 0 radical (unpaired) electrons. The number of fused-ring (bicyclic) bond motifs is 1. The molecule has 4 nitrogen and oxygen atoms in total. The second kappa shape index (κ2) is 4.96. The van der Waals surface area contributed by atoms with Crippen LogP contribution < -0.4 is 5.73 Å². The maximum atomic E-state index is 6.29. The van der Waals surface area contributed by atoms with Crippen molar-refractivity contribution in [3.05, 3.63) is 42.5 Å². The van der Waals surface area contributed by atoms with Gasteiger partial charge in [-0.25, -0.2) is 4.98 Å². The molecule has 1 aromatic carbocycles. The maximum Gasteiger partial charge on any atom is 0.131 e. The van der Waals surface area contributed by atoms with Crippen molar-refractivity contribution in [2.24, 2.45) is 0 Å². The van der Waals surface area contributed by atoms with Crippen molar-refractivity contribution in [1.82, 2.24) is 14.5 Å². The van der Waals surface area contributed by atoms with Gasteiger partial charge in [0.1, 0.15) is 17.3 Å². The van der Waals surface area contributed by atoms with Crippen LogP contribution in [0.1, 0.15) is 19.7 Å². The van der Waals surface area contributed by atoms with Crippen LogP contribution in [0.2, 0.25) is 0 Å². The van der Waals surface area contributed by atoms with E-state index in [0.717, 1.165) is 46.6 Å². The molecule has 0 aliphatic heterocycles. The zero-order chi connectivity index (χ0) is 14.1. The number of pyridine rings is 1. The van der Waals surface area contributed by atoms with Crippen molar-refractivity contribution >= 4 is 16.6 Å². The summed E-state index contributed by atoms with van der Waals surface area (Å²) in [7, 11) is 0. The molecule has 20 heavy (non-hydrogen) atoms. The van der Waals surface area contributed by atoms with E-state index in [4.69, 9.17) is 10.7 Å². The van der Waals surface area contributed by atoms with Crippen LogP contribution in [0.4, 0.5) is 5.82 Å². The lowest BCUT2D eigenvalue weighted by molar-refractivity contribution is 0.713. The lowest BCUT2D eigenvalue weighted by Crippen LogP contribution is -2.04. The van der Waals surface area contributed by atoms with Gasteiger partial charge >= 0.3 is 0 Å². The van der Waals surface area contributed by atoms with Gasteiger partial charge in [0.25, 0.3) is 0 Å². The fraction of sp³-hybridized carbons (Fsp3) is 0.250. The number of nitrogens with two attached hydrogens (primary N) is 1. The van der Waals surface area contributed by atoms with Crippen LogP contribution >= 0.6 is 0 Å². The van der Waals surface area contributed by atoms with E-state index in [1.54, 1.807) is 0 Å². The topological polar surface area (TPSA) is 56.7 Å². The fourth-order valence-corrected chi connectivity index (χ4v) is 2.64. The normalized spacial score (nSPS) is 11.1. The smallest absolute Gasteiger partial charge is 0.131 e. The van der Waals surface area contributed by atoms with Gasteiger partial charge in [-0.15, -0.1) is 0 Å². The first-order valence-corrected chi connectivity index (χ1v) is 6.94. The van der Waals surface area contributed by atoms with Crippen LogP contribution in [0.5, 0.6) is 0 Å². The minimum absolute atomic E-state index is 0.725. The van der Waals surface area contributed by atoms with Gasteiger partial charge in [-0.1, -0.05) is 31.2 Å². The lowest BCUT2D eigenvalue weighted by Gasteiger charge is -2.06. The maximum absolute atomic E-state index is 6.29. The summed E-state index contributed by atoms with van der Waals surface area (Å²) in [4.78, 5) is 9.03. The first kappa shape index (κ1) is 12.7. The summed E-state index contributed by atoms with van der Waals surface area (Å²) in [5.41, 5.74) is 8.13. The quantitative estimate of drug-likeness (QED) is 0.791. The molecular formula is C16H18N4. The largest absolute Gasteiger partial charge is 0.383 e. The number of imidazole rings is 1. The standard InChI is InChI=1S/C16H18N4/c1-3-14-19-15(16(17)20(14)4-2)13-10-18-9-11-7-5-6-8-12(11)13/h5-10H,3-4,17H2,1-2H3. The monoisotopic (exact) mass is 266 g/mol. The Balaban J connectivity index is 2.29. The second-order valence-corrected chi connectivity index (χ2v) is 4.77. The molecule has 102 valence electrons.